The van der Waals surface area contributed by atoms with Crippen LogP contribution in [0.2, 0.25) is 0 Å². The number of nitrogens with two attached hydrogens (primary N) is 1. The molecule has 5 heteroatoms. The highest BCUT2D eigenvalue weighted by Crippen LogP contribution is 2.37. The van der Waals surface area contributed by atoms with Crippen LogP contribution in [0.5, 0.6) is 17.2 Å². The summed E-state index contributed by atoms with van der Waals surface area (Å²) in [6.45, 7) is 0.197. The van der Waals surface area contributed by atoms with E-state index in [-0.39, 0.29) is 12.4 Å². The van der Waals surface area contributed by atoms with Crippen LogP contribution in [-0.2, 0) is 6.61 Å². The summed E-state index contributed by atoms with van der Waals surface area (Å²) in [6, 6.07) is 9.54. The van der Waals surface area contributed by atoms with Crippen LogP contribution in [0.15, 0.2) is 36.4 Å². The molecule has 4 nitrogen and oxygen atoms in total. The van der Waals surface area contributed by atoms with E-state index >= 15 is 0 Å². The molecule has 0 atom stereocenters. The Morgan fingerprint density at radius 1 is 1.05 bits per heavy atom. The van der Waals surface area contributed by atoms with Gasteiger partial charge >= 0.3 is 0 Å². The molecule has 0 aliphatic rings. The number of anilines is 1. The van der Waals surface area contributed by atoms with Gasteiger partial charge in [0.05, 0.1) is 14.2 Å². The molecule has 20 heavy (non-hydrogen) atoms. The van der Waals surface area contributed by atoms with Gasteiger partial charge in [-0.3, -0.25) is 0 Å². The highest BCUT2D eigenvalue weighted by atomic mass is 19.1. The van der Waals surface area contributed by atoms with Crippen molar-refractivity contribution in [2.75, 3.05) is 20.0 Å². The first kappa shape index (κ1) is 14.0. The molecular weight excluding hydrogens is 261 g/mol. The van der Waals surface area contributed by atoms with Crippen LogP contribution in [0.1, 0.15) is 5.56 Å². The third kappa shape index (κ3) is 2.93. The number of halogens is 1. The Balaban J connectivity index is 2.22. The molecule has 0 bridgehead atoms. The normalized spacial score (nSPS) is 10.2. The largest absolute Gasteiger partial charge is 0.493 e. The Hall–Kier alpha value is -2.43. The molecule has 0 heterocycles. The standard InChI is InChI=1S/C15H16FNO3/c1-18-13-4-3-5-14(19-2)15(13)20-9-10-6-7-11(16)8-12(10)17/h3-8H,9,17H2,1-2H3. The summed E-state index contributed by atoms with van der Waals surface area (Å²) in [5, 5.41) is 0. The van der Waals surface area contributed by atoms with Crippen LogP contribution in [0.4, 0.5) is 10.1 Å². The van der Waals surface area contributed by atoms with Crippen LogP contribution in [0.25, 0.3) is 0 Å². The van der Waals surface area contributed by atoms with Gasteiger partial charge in [0, 0.05) is 11.3 Å². The molecule has 0 saturated heterocycles. The minimum Gasteiger partial charge on any atom is -0.493 e. The molecule has 0 unspecified atom stereocenters. The van der Waals surface area contributed by atoms with Gasteiger partial charge < -0.3 is 19.9 Å². The fourth-order valence-electron chi connectivity index (χ4n) is 1.81. The summed E-state index contributed by atoms with van der Waals surface area (Å²) in [7, 11) is 3.10. The predicted octanol–water partition coefficient (Wildman–Crippen LogP) is 3.00. The van der Waals surface area contributed by atoms with Crippen molar-refractivity contribution in [1.29, 1.82) is 0 Å². The molecule has 0 aromatic heterocycles. The maximum absolute atomic E-state index is 13.0. The van der Waals surface area contributed by atoms with Gasteiger partial charge in [-0.1, -0.05) is 12.1 Å². The fourth-order valence-corrected chi connectivity index (χ4v) is 1.81. The number of para-hydroxylation sites is 1. The van der Waals surface area contributed by atoms with Crippen molar-refractivity contribution in [3.63, 3.8) is 0 Å². The van der Waals surface area contributed by atoms with Gasteiger partial charge in [-0.15, -0.1) is 0 Å². The number of hydrogen-bond acceptors (Lipinski definition) is 4. The predicted molar refractivity (Wildman–Crippen MR) is 74.7 cm³/mol. The van der Waals surface area contributed by atoms with Crippen LogP contribution in [0.3, 0.4) is 0 Å². The summed E-state index contributed by atoms with van der Waals surface area (Å²) in [5.74, 6) is 1.23. The molecule has 2 aromatic carbocycles. The zero-order valence-corrected chi connectivity index (χ0v) is 11.4. The molecule has 2 N–H and O–H groups in total. The number of nitrogen functional groups attached to an aromatic ring is 1. The van der Waals surface area contributed by atoms with E-state index in [0.717, 1.165) is 0 Å². The van der Waals surface area contributed by atoms with Crippen LogP contribution in [0, 0.1) is 5.82 Å². The minimum absolute atomic E-state index is 0.197. The molecule has 106 valence electrons. The lowest BCUT2D eigenvalue weighted by Crippen LogP contribution is -2.03. The van der Waals surface area contributed by atoms with Gasteiger partial charge in [0.25, 0.3) is 0 Å². The minimum atomic E-state index is -0.374. The highest BCUT2D eigenvalue weighted by Gasteiger charge is 2.12. The molecule has 2 aromatic rings. The van der Waals surface area contributed by atoms with E-state index in [4.69, 9.17) is 19.9 Å². The van der Waals surface area contributed by atoms with Gasteiger partial charge in [0.2, 0.25) is 5.75 Å². The van der Waals surface area contributed by atoms with E-state index in [9.17, 15) is 4.39 Å². The Labute approximate surface area is 116 Å². The molecule has 0 aliphatic carbocycles. The van der Waals surface area contributed by atoms with E-state index in [1.54, 1.807) is 38.5 Å². The van der Waals surface area contributed by atoms with Crippen LogP contribution in [-0.4, -0.2) is 14.2 Å². The van der Waals surface area contributed by atoms with E-state index in [2.05, 4.69) is 0 Å². The maximum atomic E-state index is 13.0. The van der Waals surface area contributed by atoms with Crippen molar-refractivity contribution in [3.05, 3.63) is 47.8 Å². The number of hydrogen-bond donors (Lipinski definition) is 1. The van der Waals surface area contributed by atoms with Gasteiger partial charge in [-0.05, 0) is 24.3 Å². The van der Waals surface area contributed by atoms with E-state index in [1.165, 1.54) is 12.1 Å². The number of rotatable bonds is 5. The Morgan fingerprint density at radius 3 is 2.25 bits per heavy atom. The average Bonchev–Trinajstić information content (AvgIpc) is 2.46. The number of ether oxygens (including phenoxy) is 3. The zero-order valence-electron chi connectivity index (χ0n) is 11.4. The van der Waals surface area contributed by atoms with Gasteiger partial charge in [-0.25, -0.2) is 4.39 Å². The van der Waals surface area contributed by atoms with Gasteiger partial charge in [0.15, 0.2) is 11.5 Å². The summed E-state index contributed by atoms with van der Waals surface area (Å²) >= 11 is 0. The molecule has 2 rings (SSSR count). The summed E-state index contributed by atoms with van der Waals surface area (Å²) in [5.41, 5.74) is 6.78. The van der Waals surface area contributed by atoms with Crippen molar-refractivity contribution >= 4 is 5.69 Å². The number of benzene rings is 2. The van der Waals surface area contributed by atoms with E-state index in [0.29, 0.717) is 28.5 Å². The second-order valence-electron chi connectivity index (χ2n) is 4.12. The van der Waals surface area contributed by atoms with Crippen molar-refractivity contribution in [3.8, 4) is 17.2 Å². The second-order valence-corrected chi connectivity index (χ2v) is 4.12. The SMILES string of the molecule is COc1cccc(OC)c1OCc1ccc(F)cc1N. The Bertz CT molecular complexity index is 579. The first-order chi connectivity index (χ1) is 9.65. The van der Waals surface area contributed by atoms with Crippen LogP contribution >= 0.6 is 0 Å². The summed E-state index contributed by atoms with van der Waals surface area (Å²) < 4.78 is 29.2. The summed E-state index contributed by atoms with van der Waals surface area (Å²) in [4.78, 5) is 0. The van der Waals surface area contributed by atoms with Gasteiger partial charge in [0.1, 0.15) is 12.4 Å². The third-order valence-electron chi connectivity index (χ3n) is 2.86. The molecular formula is C15H16FNO3. The smallest absolute Gasteiger partial charge is 0.203 e. The van der Waals surface area contributed by atoms with Crippen molar-refractivity contribution in [2.24, 2.45) is 0 Å². The fraction of sp³-hybridized carbons (Fsp3) is 0.200. The first-order valence-electron chi connectivity index (χ1n) is 6.03. The quantitative estimate of drug-likeness (QED) is 0.854. The molecule has 0 saturated carbocycles. The lowest BCUT2D eigenvalue weighted by atomic mass is 10.2. The third-order valence-corrected chi connectivity index (χ3v) is 2.86. The molecule has 0 fully saturated rings. The molecule has 0 spiro atoms. The van der Waals surface area contributed by atoms with Crippen LogP contribution < -0.4 is 19.9 Å². The van der Waals surface area contributed by atoms with E-state index in [1.807, 2.05) is 0 Å². The number of methoxy groups -OCH3 is 2. The molecule has 0 amide bonds. The lowest BCUT2D eigenvalue weighted by molar-refractivity contribution is 0.266. The second kappa shape index (κ2) is 6.14. The topological polar surface area (TPSA) is 53.7 Å². The molecule has 0 aliphatic heterocycles. The Kier molecular flexibility index (Phi) is 4.30. The van der Waals surface area contributed by atoms with Gasteiger partial charge in [-0.2, -0.15) is 0 Å². The zero-order chi connectivity index (χ0) is 14.5. The monoisotopic (exact) mass is 277 g/mol. The Morgan fingerprint density at radius 2 is 1.70 bits per heavy atom. The van der Waals surface area contributed by atoms with Crippen molar-refractivity contribution in [1.82, 2.24) is 0 Å². The average molecular weight is 277 g/mol. The highest BCUT2D eigenvalue weighted by molar-refractivity contribution is 5.52. The first-order valence-corrected chi connectivity index (χ1v) is 6.03. The molecule has 0 radical (unpaired) electrons. The maximum Gasteiger partial charge on any atom is 0.203 e. The van der Waals surface area contributed by atoms with Crippen molar-refractivity contribution in [2.45, 2.75) is 6.61 Å². The van der Waals surface area contributed by atoms with Crippen molar-refractivity contribution < 1.29 is 18.6 Å². The summed E-state index contributed by atoms with van der Waals surface area (Å²) in [6.07, 6.45) is 0. The van der Waals surface area contributed by atoms with E-state index < -0.39 is 0 Å². The lowest BCUT2D eigenvalue weighted by Gasteiger charge is -2.14.